The topological polar surface area (TPSA) is 73.0 Å². The van der Waals surface area contributed by atoms with Gasteiger partial charge in [0.1, 0.15) is 5.52 Å². The highest BCUT2D eigenvalue weighted by Crippen LogP contribution is 2.31. The van der Waals surface area contributed by atoms with Crippen molar-refractivity contribution in [3.63, 3.8) is 0 Å². The molecule has 5 rings (SSSR count). The summed E-state index contributed by atoms with van der Waals surface area (Å²) in [6.07, 6.45) is 6.27. The molecule has 0 N–H and O–H groups in total. The van der Waals surface area contributed by atoms with Crippen LogP contribution in [0.4, 0.5) is 0 Å². The van der Waals surface area contributed by atoms with Crippen molar-refractivity contribution in [3.8, 4) is 5.69 Å². The number of pyridine rings is 1. The number of aryl methyl sites for hydroxylation is 1. The zero-order valence-electron chi connectivity index (χ0n) is 16.5. The van der Waals surface area contributed by atoms with Crippen LogP contribution < -0.4 is 5.56 Å². The molecular formula is C22H20ClN5O2. The zero-order chi connectivity index (χ0) is 20.8. The maximum Gasteiger partial charge on any atom is 0.296 e. The van der Waals surface area contributed by atoms with E-state index in [9.17, 15) is 9.59 Å². The molecule has 1 fully saturated rings. The minimum Gasteiger partial charge on any atom is -0.339 e. The number of fused-ring (bicyclic) bond motifs is 3. The molecule has 0 radical (unpaired) electrons. The van der Waals surface area contributed by atoms with Gasteiger partial charge in [-0.15, -0.1) is 0 Å². The third kappa shape index (κ3) is 2.89. The molecular weight excluding hydrogens is 402 g/mol. The van der Waals surface area contributed by atoms with E-state index < -0.39 is 0 Å². The molecule has 1 aliphatic heterocycles. The number of piperidine rings is 1. The highest BCUT2D eigenvalue weighted by atomic mass is 35.5. The monoisotopic (exact) mass is 421 g/mol. The Morgan fingerprint density at radius 2 is 1.80 bits per heavy atom. The van der Waals surface area contributed by atoms with Gasteiger partial charge in [-0.25, -0.2) is 0 Å². The number of aromatic nitrogens is 4. The van der Waals surface area contributed by atoms with Crippen molar-refractivity contribution in [2.45, 2.75) is 19.3 Å². The van der Waals surface area contributed by atoms with E-state index in [0.717, 1.165) is 30.2 Å². The molecule has 0 bridgehead atoms. The summed E-state index contributed by atoms with van der Waals surface area (Å²) >= 11 is 6.21. The Labute approximate surface area is 177 Å². The number of likely N-dealkylation sites (tertiary alicyclic amines) is 1. The van der Waals surface area contributed by atoms with Crippen LogP contribution in [0.15, 0.2) is 47.5 Å². The minimum absolute atomic E-state index is 0.148. The van der Waals surface area contributed by atoms with Crippen molar-refractivity contribution in [3.05, 3.63) is 63.8 Å². The van der Waals surface area contributed by atoms with Crippen molar-refractivity contribution >= 4 is 39.3 Å². The smallest absolute Gasteiger partial charge is 0.296 e. The van der Waals surface area contributed by atoms with Crippen molar-refractivity contribution < 1.29 is 4.79 Å². The van der Waals surface area contributed by atoms with Crippen molar-refractivity contribution in [1.82, 2.24) is 24.2 Å². The van der Waals surface area contributed by atoms with Gasteiger partial charge in [0.15, 0.2) is 5.69 Å². The number of carbonyl (C=O) groups excluding carboxylic acids is 1. The summed E-state index contributed by atoms with van der Waals surface area (Å²) in [5, 5.41) is 6.51. The fourth-order valence-corrected chi connectivity index (χ4v) is 4.42. The van der Waals surface area contributed by atoms with E-state index in [2.05, 4.69) is 10.1 Å². The van der Waals surface area contributed by atoms with Crippen molar-refractivity contribution in [2.24, 2.45) is 7.05 Å². The molecule has 1 amide bonds. The Morgan fingerprint density at radius 1 is 1.07 bits per heavy atom. The van der Waals surface area contributed by atoms with Crippen LogP contribution in [0.2, 0.25) is 5.02 Å². The predicted molar refractivity (Wildman–Crippen MR) is 116 cm³/mol. The molecule has 30 heavy (non-hydrogen) atoms. The molecule has 0 aliphatic carbocycles. The van der Waals surface area contributed by atoms with Gasteiger partial charge >= 0.3 is 0 Å². The normalized spacial score (nSPS) is 14.5. The Hall–Kier alpha value is -3.19. The standard InChI is InChI=1S/C22H20ClN5O2/c1-26-17-13-14(23)5-6-16(17)18-19(21(29)27-11-3-2-4-12-27)25-28(22(30)20(18)26)15-7-9-24-10-8-15/h5-10,13H,2-4,11-12H2,1H3. The quantitative estimate of drug-likeness (QED) is 0.496. The van der Waals surface area contributed by atoms with E-state index in [-0.39, 0.29) is 17.2 Å². The van der Waals surface area contributed by atoms with Crippen LogP contribution in [-0.2, 0) is 7.05 Å². The van der Waals surface area contributed by atoms with Gasteiger partial charge in [-0.2, -0.15) is 9.78 Å². The maximum absolute atomic E-state index is 13.5. The molecule has 0 saturated carbocycles. The fourth-order valence-electron chi connectivity index (χ4n) is 4.25. The number of amides is 1. The lowest BCUT2D eigenvalue weighted by Crippen LogP contribution is -2.37. The molecule has 0 atom stereocenters. The molecule has 4 heterocycles. The molecule has 8 heteroatoms. The predicted octanol–water partition coefficient (Wildman–Crippen LogP) is 3.55. The summed E-state index contributed by atoms with van der Waals surface area (Å²) in [6.45, 7) is 1.40. The molecule has 0 unspecified atom stereocenters. The van der Waals surface area contributed by atoms with Gasteiger partial charge < -0.3 is 9.47 Å². The van der Waals surface area contributed by atoms with Crippen LogP contribution in [0, 0.1) is 0 Å². The van der Waals surface area contributed by atoms with E-state index in [1.807, 2.05) is 24.1 Å². The first-order valence-electron chi connectivity index (χ1n) is 9.97. The van der Waals surface area contributed by atoms with Gasteiger partial charge in [0.2, 0.25) is 0 Å². The lowest BCUT2D eigenvalue weighted by Gasteiger charge is -2.26. The van der Waals surface area contributed by atoms with Crippen LogP contribution in [0.5, 0.6) is 0 Å². The van der Waals surface area contributed by atoms with Crippen LogP contribution in [0.1, 0.15) is 29.8 Å². The summed E-state index contributed by atoms with van der Waals surface area (Å²) in [7, 11) is 1.81. The first kappa shape index (κ1) is 18.8. The zero-order valence-corrected chi connectivity index (χ0v) is 17.3. The van der Waals surface area contributed by atoms with Gasteiger partial charge in [-0.3, -0.25) is 14.6 Å². The molecule has 3 aromatic heterocycles. The molecule has 152 valence electrons. The average molecular weight is 422 g/mol. The van der Waals surface area contributed by atoms with Crippen LogP contribution >= 0.6 is 11.6 Å². The number of hydrogen-bond donors (Lipinski definition) is 0. The van der Waals surface area contributed by atoms with Gasteiger partial charge in [0.05, 0.1) is 11.2 Å². The Kier molecular flexibility index (Phi) is 4.55. The number of rotatable bonds is 2. The van der Waals surface area contributed by atoms with E-state index in [4.69, 9.17) is 11.6 Å². The summed E-state index contributed by atoms with van der Waals surface area (Å²) in [5.41, 5.74) is 1.78. The second-order valence-corrected chi connectivity index (χ2v) is 8.00. The van der Waals surface area contributed by atoms with E-state index in [0.29, 0.717) is 34.7 Å². The Morgan fingerprint density at radius 3 is 2.53 bits per heavy atom. The number of hydrogen-bond acceptors (Lipinski definition) is 4. The van der Waals surface area contributed by atoms with E-state index in [1.165, 1.54) is 4.68 Å². The van der Waals surface area contributed by atoms with Gasteiger partial charge in [-0.1, -0.05) is 17.7 Å². The third-order valence-corrected chi connectivity index (χ3v) is 5.98. The maximum atomic E-state index is 13.5. The summed E-state index contributed by atoms with van der Waals surface area (Å²) in [5.74, 6) is -0.148. The molecule has 4 aromatic rings. The third-order valence-electron chi connectivity index (χ3n) is 5.75. The van der Waals surface area contributed by atoms with Crippen LogP contribution in [-0.4, -0.2) is 43.2 Å². The Bertz CT molecular complexity index is 1340. The van der Waals surface area contributed by atoms with Crippen LogP contribution in [0.25, 0.3) is 27.5 Å². The van der Waals surface area contributed by atoms with E-state index >= 15 is 0 Å². The molecule has 1 aromatic carbocycles. The summed E-state index contributed by atoms with van der Waals surface area (Å²) < 4.78 is 3.09. The number of halogens is 1. The second-order valence-electron chi connectivity index (χ2n) is 7.57. The average Bonchev–Trinajstić information content (AvgIpc) is 3.07. The first-order valence-corrected chi connectivity index (χ1v) is 10.3. The second kappa shape index (κ2) is 7.25. The fraction of sp³-hybridized carbons (Fsp3) is 0.273. The van der Waals surface area contributed by atoms with Gasteiger partial charge in [0, 0.05) is 48.3 Å². The largest absolute Gasteiger partial charge is 0.339 e. The van der Waals surface area contributed by atoms with Crippen molar-refractivity contribution in [1.29, 1.82) is 0 Å². The lowest BCUT2D eigenvalue weighted by molar-refractivity contribution is 0.0718. The summed E-state index contributed by atoms with van der Waals surface area (Å²) in [6, 6.07) is 8.84. The highest BCUT2D eigenvalue weighted by Gasteiger charge is 2.27. The lowest BCUT2D eigenvalue weighted by atomic mass is 10.1. The number of benzene rings is 1. The molecule has 0 spiro atoms. The molecule has 1 aliphatic rings. The van der Waals surface area contributed by atoms with Crippen LogP contribution in [0.3, 0.4) is 0 Å². The SMILES string of the molecule is Cn1c2cc(Cl)ccc2c2c(C(=O)N3CCCCC3)nn(-c3ccncc3)c(=O)c21. The first-order chi connectivity index (χ1) is 14.6. The Balaban J connectivity index is 1.87. The molecule has 1 saturated heterocycles. The van der Waals surface area contributed by atoms with Gasteiger partial charge in [-0.05, 0) is 43.5 Å². The van der Waals surface area contributed by atoms with E-state index in [1.54, 1.807) is 35.2 Å². The van der Waals surface area contributed by atoms with Crippen molar-refractivity contribution in [2.75, 3.05) is 13.1 Å². The summed E-state index contributed by atoms with van der Waals surface area (Å²) in [4.78, 5) is 32.8. The number of carbonyl (C=O) groups is 1. The minimum atomic E-state index is -0.291. The van der Waals surface area contributed by atoms with Gasteiger partial charge in [0.25, 0.3) is 11.5 Å². The highest BCUT2D eigenvalue weighted by molar-refractivity contribution is 6.31. The molecule has 7 nitrogen and oxygen atoms in total. The number of nitrogens with zero attached hydrogens (tertiary/aromatic N) is 5.